The van der Waals surface area contributed by atoms with E-state index in [2.05, 4.69) is 4.74 Å². The third-order valence-electron chi connectivity index (χ3n) is 4.35. The Morgan fingerprint density at radius 1 is 1.14 bits per heavy atom. The topological polar surface area (TPSA) is 38.8 Å². The van der Waals surface area contributed by atoms with Crippen LogP contribution in [0.3, 0.4) is 0 Å². The molecule has 1 aliphatic rings. The summed E-state index contributed by atoms with van der Waals surface area (Å²) in [6.45, 7) is 0.986. The van der Waals surface area contributed by atoms with E-state index < -0.39 is 12.2 Å². The maximum absolute atomic E-state index is 13.3. The molecule has 1 unspecified atom stereocenters. The molecule has 0 bridgehead atoms. The van der Waals surface area contributed by atoms with Crippen LogP contribution in [0.25, 0.3) is 0 Å². The van der Waals surface area contributed by atoms with Gasteiger partial charge >= 0.3 is 6.36 Å². The molecule has 4 nitrogen and oxygen atoms in total. The van der Waals surface area contributed by atoms with Crippen LogP contribution in [-0.2, 0) is 11.3 Å². The highest BCUT2D eigenvalue weighted by atomic mass is 19.4. The van der Waals surface area contributed by atoms with Crippen molar-refractivity contribution >= 4 is 5.91 Å². The number of benzene rings is 2. The van der Waals surface area contributed by atoms with Gasteiger partial charge in [0.25, 0.3) is 5.91 Å². The second-order valence-corrected chi connectivity index (χ2v) is 6.53. The van der Waals surface area contributed by atoms with Crippen molar-refractivity contribution in [1.82, 2.24) is 4.90 Å². The van der Waals surface area contributed by atoms with E-state index in [1.165, 1.54) is 36.4 Å². The molecular weight excluding hydrogens is 378 g/mol. The lowest BCUT2D eigenvalue weighted by atomic mass is 10.1. The van der Waals surface area contributed by atoms with Crippen molar-refractivity contribution in [3.05, 3.63) is 65.5 Å². The van der Waals surface area contributed by atoms with Crippen molar-refractivity contribution in [2.75, 3.05) is 13.1 Å². The second-order valence-electron chi connectivity index (χ2n) is 6.53. The van der Waals surface area contributed by atoms with Gasteiger partial charge in [-0.1, -0.05) is 18.2 Å². The monoisotopic (exact) mass is 397 g/mol. The SMILES string of the molecule is O=C(c1cccc(F)c1)N1CCCC(OCc2cccc(OC(F)(F)F)c2)C1. The molecule has 1 aliphatic heterocycles. The lowest BCUT2D eigenvalue weighted by Crippen LogP contribution is -2.43. The molecule has 28 heavy (non-hydrogen) atoms. The van der Waals surface area contributed by atoms with Crippen LogP contribution in [0, 0.1) is 5.82 Å². The van der Waals surface area contributed by atoms with Crippen LogP contribution in [0.2, 0.25) is 0 Å². The minimum absolute atomic E-state index is 0.0989. The van der Waals surface area contributed by atoms with Crippen LogP contribution in [0.5, 0.6) is 5.75 Å². The van der Waals surface area contributed by atoms with Crippen molar-refractivity contribution in [1.29, 1.82) is 0 Å². The number of ether oxygens (including phenoxy) is 2. The first-order valence-corrected chi connectivity index (χ1v) is 8.81. The highest BCUT2D eigenvalue weighted by Crippen LogP contribution is 2.24. The smallest absolute Gasteiger partial charge is 0.406 e. The van der Waals surface area contributed by atoms with Crippen molar-refractivity contribution in [2.45, 2.75) is 31.9 Å². The van der Waals surface area contributed by atoms with Crippen LogP contribution < -0.4 is 4.74 Å². The third kappa shape index (κ3) is 5.69. The molecule has 150 valence electrons. The van der Waals surface area contributed by atoms with E-state index >= 15 is 0 Å². The van der Waals surface area contributed by atoms with Gasteiger partial charge in [-0.05, 0) is 48.7 Å². The summed E-state index contributed by atoms with van der Waals surface area (Å²) in [5, 5.41) is 0. The Bertz CT molecular complexity index is 825. The van der Waals surface area contributed by atoms with Crippen LogP contribution in [0.1, 0.15) is 28.8 Å². The Labute approximate surface area is 159 Å². The summed E-state index contributed by atoms with van der Waals surface area (Å²) >= 11 is 0. The summed E-state index contributed by atoms with van der Waals surface area (Å²) in [6.07, 6.45) is -3.55. The van der Waals surface area contributed by atoms with Crippen molar-refractivity contribution in [3.63, 3.8) is 0 Å². The van der Waals surface area contributed by atoms with E-state index in [9.17, 15) is 22.4 Å². The van der Waals surface area contributed by atoms with Gasteiger partial charge in [0.1, 0.15) is 11.6 Å². The lowest BCUT2D eigenvalue weighted by molar-refractivity contribution is -0.274. The minimum atomic E-state index is -4.75. The van der Waals surface area contributed by atoms with E-state index in [1.54, 1.807) is 17.0 Å². The zero-order chi connectivity index (χ0) is 20.1. The minimum Gasteiger partial charge on any atom is -0.406 e. The Morgan fingerprint density at radius 3 is 2.68 bits per heavy atom. The third-order valence-corrected chi connectivity index (χ3v) is 4.35. The van der Waals surface area contributed by atoms with Crippen molar-refractivity contribution in [2.24, 2.45) is 0 Å². The molecule has 0 radical (unpaired) electrons. The van der Waals surface area contributed by atoms with Gasteiger partial charge in [0.05, 0.1) is 12.7 Å². The highest BCUT2D eigenvalue weighted by Gasteiger charge is 2.31. The average molecular weight is 397 g/mol. The summed E-state index contributed by atoms with van der Waals surface area (Å²) in [5.74, 6) is -1.05. The number of carbonyl (C=O) groups is 1. The molecule has 1 heterocycles. The van der Waals surface area contributed by atoms with E-state index in [1.807, 2.05) is 0 Å². The maximum Gasteiger partial charge on any atom is 0.573 e. The normalized spacial score (nSPS) is 17.4. The van der Waals surface area contributed by atoms with Crippen LogP contribution in [0.4, 0.5) is 17.6 Å². The summed E-state index contributed by atoms with van der Waals surface area (Å²) in [7, 11) is 0. The molecular formula is C20H19F4NO3. The summed E-state index contributed by atoms with van der Waals surface area (Å²) < 4.78 is 60.0. The summed E-state index contributed by atoms with van der Waals surface area (Å²) in [5.41, 5.74) is 0.813. The van der Waals surface area contributed by atoms with Crippen molar-refractivity contribution in [3.8, 4) is 5.75 Å². The molecule has 1 amide bonds. The molecule has 2 aromatic carbocycles. The zero-order valence-corrected chi connectivity index (χ0v) is 14.9. The van der Waals surface area contributed by atoms with E-state index in [4.69, 9.17) is 4.74 Å². The number of amides is 1. The number of nitrogens with zero attached hydrogens (tertiary/aromatic N) is 1. The number of halogens is 4. The molecule has 1 atom stereocenters. The van der Waals surface area contributed by atoms with Crippen molar-refractivity contribution < 1.29 is 31.8 Å². The number of likely N-dealkylation sites (tertiary alicyclic amines) is 1. The molecule has 0 N–H and O–H groups in total. The predicted octanol–water partition coefficient (Wildman–Crippen LogP) is 4.55. The van der Waals surface area contributed by atoms with Gasteiger partial charge in [-0.3, -0.25) is 4.79 Å². The Hall–Kier alpha value is -2.61. The van der Waals surface area contributed by atoms with Gasteiger partial charge < -0.3 is 14.4 Å². The Balaban J connectivity index is 1.57. The fourth-order valence-electron chi connectivity index (χ4n) is 3.11. The summed E-state index contributed by atoms with van der Waals surface area (Å²) in [4.78, 5) is 14.1. The van der Waals surface area contributed by atoms with Crippen LogP contribution in [0.15, 0.2) is 48.5 Å². The van der Waals surface area contributed by atoms with Gasteiger partial charge in [-0.25, -0.2) is 4.39 Å². The van der Waals surface area contributed by atoms with Crippen LogP contribution >= 0.6 is 0 Å². The fraction of sp³-hybridized carbons (Fsp3) is 0.350. The zero-order valence-electron chi connectivity index (χ0n) is 14.9. The van der Waals surface area contributed by atoms with Gasteiger partial charge in [-0.2, -0.15) is 0 Å². The Kier molecular flexibility index (Phi) is 6.18. The molecule has 2 aromatic rings. The largest absolute Gasteiger partial charge is 0.573 e. The molecule has 0 aliphatic carbocycles. The predicted molar refractivity (Wildman–Crippen MR) is 93.2 cm³/mol. The molecule has 0 aromatic heterocycles. The highest BCUT2D eigenvalue weighted by molar-refractivity contribution is 5.94. The van der Waals surface area contributed by atoms with Gasteiger partial charge in [-0.15, -0.1) is 13.2 Å². The molecule has 0 saturated carbocycles. The lowest BCUT2D eigenvalue weighted by Gasteiger charge is -2.32. The average Bonchev–Trinajstić information content (AvgIpc) is 2.65. The first-order chi connectivity index (χ1) is 13.3. The molecule has 1 fully saturated rings. The van der Waals surface area contributed by atoms with Gasteiger partial charge in [0.15, 0.2) is 0 Å². The number of hydrogen-bond donors (Lipinski definition) is 0. The van der Waals surface area contributed by atoms with Gasteiger partial charge in [0, 0.05) is 18.7 Å². The number of hydrogen-bond acceptors (Lipinski definition) is 3. The Morgan fingerprint density at radius 2 is 1.93 bits per heavy atom. The second kappa shape index (κ2) is 8.60. The molecule has 1 saturated heterocycles. The number of carbonyl (C=O) groups excluding carboxylic acids is 1. The first-order valence-electron chi connectivity index (χ1n) is 8.81. The number of piperidine rings is 1. The quantitative estimate of drug-likeness (QED) is 0.695. The number of rotatable bonds is 5. The maximum atomic E-state index is 13.3. The molecule has 3 rings (SSSR count). The van der Waals surface area contributed by atoms with E-state index in [-0.39, 0.29) is 29.9 Å². The standard InChI is InChI=1S/C20H19F4NO3/c21-16-6-2-5-15(11-16)19(26)25-9-3-8-18(12-25)27-13-14-4-1-7-17(10-14)28-20(22,23)24/h1-2,4-7,10-11,18H,3,8-9,12-13H2. The fourth-order valence-corrected chi connectivity index (χ4v) is 3.11. The number of alkyl halides is 3. The van der Waals surface area contributed by atoms with E-state index in [0.717, 1.165) is 12.8 Å². The molecule has 0 spiro atoms. The first kappa shape index (κ1) is 20.1. The summed E-state index contributed by atoms with van der Waals surface area (Å²) in [6, 6.07) is 11.1. The molecule has 8 heteroatoms. The van der Waals surface area contributed by atoms with Gasteiger partial charge in [0.2, 0.25) is 0 Å². The van der Waals surface area contributed by atoms with Crippen LogP contribution in [-0.4, -0.2) is 36.4 Å². The van der Waals surface area contributed by atoms with E-state index in [0.29, 0.717) is 18.7 Å².